The first-order chi connectivity index (χ1) is 13.0. The number of thiocarbonyl (C=S) groups is 1. The molecule has 1 saturated heterocycles. The summed E-state index contributed by atoms with van der Waals surface area (Å²) in [5, 5.41) is 4.20. The average Bonchev–Trinajstić information content (AvgIpc) is 2.96. The Balaban J connectivity index is 1.78. The van der Waals surface area contributed by atoms with E-state index in [0.29, 0.717) is 10.7 Å². The lowest BCUT2D eigenvalue weighted by Gasteiger charge is -2.28. The van der Waals surface area contributed by atoms with Gasteiger partial charge in [0.2, 0.25) is 0 Å². The van der Waals surface area contributed by atoms with E-state index >= 15 is 0 Å². The zero-order chi connectivity index (χ0) is 19.1. The van der Waals surface area contributed by atoms with Crippen LogP contribution >= 0.6 is 23.8 Å². The summed E-state index contributed by atoms with van der Waals surface area (Å²) < 4.78 is 1.93. The monoisotopic (exact) mass is 395 g/mol. The number of carbonyl (C=O) groups is 2. The quantitative estimate of drug-likeness (QED) is 0.409. The summed E-state index contributed by atoms with van der Waals surface area (Å²) in [6, 6.07) is 16.5. The van der Waals surface area contributed by atoms with Crippen LogP contribution in [0.2, 0.25) is 5.02 Å². The van der Waals surface area contributed by atoms with Crippen LogP contribution in [0.3, 0.4) is 0 Å². The third-order valence-corrected chi connectivity index (χ3v) is 5.00. The van der Waals surface area contributed by atoms with Crippen LogP contribution in [0.5, 0.6) is 0 Å². The van der Waals surface area contributed by atoms with Crippen molar-refractivity contribution in [3.05, 3.63) is 70.9 Å². The maximum absolute atomic E-state index is 13.0. The zero-order valence-electron chi connectivity index (χ0n) is 14.3. The molecule has 1 aromatic heterocycles. The van der Waals surface area contributed by atoms with Crippen molar-refractivity contribution in [2.45, 2.75) is 0 Å². The fourth-order valence-corrected chi connectivity index (χ4v) is 3.49. The number of amides is 2. The number of aromatic nitrogens is 1. The molecule has 2 amide bonds. The van der Waals surface area contributed by atoms with Crippen molar-refractivity contribution in [2.75, 3.05) is 4.90 Å². The van der Waals surface area contributed by atoms with E-state index < -0.39 is 11.8 Å². The molecule has 1 aliphatic heterocycles. The maximum Gasteiger partial charge on any atom is 0.270 e. The Morgan fingerprint density at radius 3 is 2.48 bits per heavy atom. The van der Waals surface area contributed by atoms with E-state index in [0.717, 1.165) is 16.6 Å². The molecule has 0 spiro atoms. The molecule has 4 rings (SSSR count). The van der Waals surface area contributed by atoms with E-state index in [2.05, 4.69) is 5.32 Å². The van der Waals surface area contributed by atoms with Gasteiger partial charge in [0.15, 0.2) is 5.11 Å². The predicted octanol–water partition coefficient (Wildman–Crippen LogP) is 3.66. The molecule has 0 unspecified atom stereocenters. The minimum atomic E-state index is -0.513. The number of aryl methyl sites for hydroxylation is 1. The Kier molecular flexibility index (Phi) is 4.30. The van der Waals surface area contributed by atoms with Gasteiger partial charge >= 0.3 is 0 Å². The standard InChI is InChI=1S/C20H14ClN3O2S/c1-23-15(10-12-4-2-3-5-17(12)23)11-16-18(25)22-20(27)24(19(16)26)14-8-6-13(21)7-9-14/h2-11H,1H3,(H,22,25,27). The summed E-state index contributed by atoms with van der Waals surface area (Å²) in [5.74, 6) is -0.989. The molecule has 27 heavy (non-hydrogen) atoms. The molecule has 0 radical (unpaired) electrons. The van der Waals surface area contributed by atoms with Gasteiger partial charge in [0.1, 0.15) is 5.57 Å². The normalized spacial score (nSPS) is 16.3. The van der Waals surface area contributed by atoms with Crippen LogP contribution in [0, 0.1) is 0 Å². The summed E-state index contributed by atoms with van der Waals surface area (Å²) in [5.41, 5.74) is 2.32. The van der Waals surface area contributed by atoms with E-state index in [1.807, 2.05) is 41.9 Å². The topological polar surface area (TPSA) is 54.3 Å². The van der Waals surface area contributed by atoms with Crippen LogP contribution in [-0.2, 0) is 16.6 Å². The van der Waals surface area contributed by atoms with E-state index in [1.165, 1.54) is 4.90 Å². The van der Waals surface area contributed by atoms with Crippen molar-refractivity contribution < 1.29 is 9.59 Å². The Morgan fingerprint density at radius 1 is 1.07 bits per heavy atom. The highest BCUT2D eigenvalue weighted by molar-refractivity contribution is 7.80. The number of nitrogens with zero attached hydrogens (tertiary/aromatic N) is 2. The maximum atomic E-state index is 13.0. The summed E-state index contributed by atoms with van der Waals surface area (Å²) in [4.78, 5) is 26.8. The lowest BCUT2D eigenvalue weighted by Crippen LogP contribution is -2.54. The molecule has 0 aliphatic carbocycles. The summed E-state index contributed by atoms with van der Waals surface area (Å²) in [6.45, 7) is 0. The van der Waals surface area contributed by atoms with Crippen molar-refractivity contribution in [2.24, 2.45) is 7.05 Å². The third-order valence-electron chi connectivity index (χ3n) is 4.47. The van der Waals surface area contributed by atoms with Gasteiger partial charge in [-0.3, -0.25) is 19.8 Å². The van der Waals surface area contributed by atoms with Crippen molar-refractivity contribution in [1.82, 2.24) is 9.88 Å². The van der Waals surface area contributed by atoms with Gasteiger partial charge in [-0.15, -0.1) is 0 Å². The molecular weight excluding hydrogens is 382 g/mol. The molecule has 0 atom stereocenters. The molecule has 2 heterocycles. The summed E-state index contributed by atoms with van der Waals surface area (Å²) in [7, 11) is 1.89. The Morgan fingerprint density at radius 2 is 1.78 bits per heavy atom. The number of benzene rings is 2. The number of fused-ring (bicyclic) bond motifs is 1. The Labute approximate surface area is 165 Å². The number of hydrogen-bond acceptors (Lipinski definition) is 3. The molecule has 2 aromatic carbocycles. The highest BCUT2D eigenvalue weighted by Gasteiger charge is 2.34. The van der Waals surface area contributed by atoms with Gasteiger partial charge in [0, 0.05) is 28.7 Å². The number of para-hydroxylation sites is 1. The Hall–Kier alpha value is -2.96. The second-order valence-corrected chi connectivity index (χ2v) is 6.94. The van der Waals surface area contributed by atoms with Crippen molar-refractivity contribution in [1.29, 1.82) is 0 Å². The second kappa shape index (κ2) is 6.64. The molecule has 1 aliphatic rings. The van der Waals surface area contributed by atoms with E-state index in [-0.39, 0.29) is 10.7 Å². The molecule has 1 N–H and O–H groups in total. The van der Waals surface area contributed by atoms with E-state index in [1.54, 1.807) is 30.3 Å². The number of rotatable bonds is 2. The van der Waals surface area contributed by atoms with Crippen LogP contribution in [0.25, 0.3) is 17.0 Å². The molecule has 5 nitrogen and oxygen atoms in total. The number of hydrogen-bond donors (Lipinski definition) is 1. The van der Waals surface area contributed by atoms with E-state index in [9.17, 15) is 9.59 Å². The first-order valence-electron chi connectivity index (χ1n) is 8.17. The van der Waals surface area contributed by atoms with Crippen LogP contribution in [0.1, 0.15) is 5.69 Å². The van der Waals surface area contributed by atoms with Gasteiger partial charge in [-0.2, -0.15) is 0 Å². The van der Waals surface area contributed by atoms with E-state index in [4.69, 9.17) is 23.8 Å². The number of halogens is 1. The van der Waals surface area contributed by atoms with Crippen LogP contribution in [0.4, 0.5) is 5.69 Å². The van der Waals surface area contributed by atoms with Crippen molar-refractivity contribution >= 4 is 63.4 Å². The Bertz CT molecular complexity index is 1130. The van der Waals surface area contributed by atoms with Crippen LogP contribution < -0.4 is 10.2 Å². The van der Waals surface area contributed by atoms with Crippen molar-refractivity contribution in [3.8, 4) is 0 Å². The molecule has 3 aromatic rings. The fraction of sp³-hybridized carbons (Fsp3) is 0.0500. The molecule has 0 bridgehead atoms. The number of anilines is 1. The zero-order valence-corrected chi connectivity index (χ0v) is 15.8. The van der Waals surface area contributed by atoms with Gasteiger partial charge in [-0.05, 0) is 54.7 Å². The summed E-state index contributed by atoms with van der Waals surface area (Å²) in [6.07, 6.45) is 1.59. The molecule has 134 valence electrons. The molecule has 7 heteroatoms. The SMILES string of the molecule is Cn1c(C=C2C(=O)NC(=S)N(c3ccc(Cl)cc3)C2=O)cc2ccccc21. The van der Waals surface area contributed by atoms with Crippen LogP contribution in [-0.4, -0.2) is 21.5 Å². The molecular formula is C20H14ClN3O2S. The highest BCUT2D eigenvalue weighted by Crippen LogP contribution is 2.25. The number of carbonyl (C=O) groups excluding carboxylic acids is 2. The third kappa shape index (κ3) is 3.03. The summed E-state index contributed by atoms with van der Waals surface area (Å²) >= 11 is 11.1. The average molecular weight is 396 g/mol. The van der Waals surface area contributed by atoms with Gasteiger partial charge in [-0.1, -0.05) is 29.8 Å². The lowest BCUT2D eigenvalue weighted by atomic mass is 10.1. The lowest BCUT2D eigenvalue weighted by molar-refractivity contribution is -0.122. The molecule has 1 fully saturated rings. The van der Waals surface area contributed by atoms with Gasteiger partial charge in [-0.25, -0.2) is 0 Å². The highest BCUT2D eigenvalue weighted by atomic mass is 35.5. The molecule has 0 saturated carbocycles. The smallest absolute Gasteiger partial charge is 0.270 e. The predicted molar refractivity (Wildman–Crippen MR) is 111 cm³/mol. The van der Waals surface area contributed by atoms with Crippen LogP contribution in [0.15, 0.2) is 60.2 Å². The largest absolute Gasteiger partial charge is 0.344 e. The van der Waals surface area contributed by atoms with Crippen molar-refractivity contribution in [3.63, 3.8) is 0 Å². The number of nitrogens with one attached hydrogen (secondary N) is 1. The van der Waals surface area contributed by atoms with Gasteiger partial charge in [0.05, 0.1) is 5.69 Å². The van der Waals surface area contributed by atoms with Gasteiger partial charge < -0.3 is 4.57 Å². The minimum Gasteiger partial charge on any atom is -0.344 e. The first kappa shape index (κ1) is 17.5. The fourth-order valence-electron chi connectivity index (χ4n) is 3.08. The first-order valence-corrected chi connectivity index (χ1v) is 8.96. The van der Waals surface area contributed by atoms with Gasteiger partial charge in [0.25, 0.3) is 11.8 Å². The minimum absolute atomic E-state index is 0.0180. The second-order valence-electron chi connectivity index (χ2n) is 6.12.